The van der Waals surface area contributed by atoms with Gasteiger partial charge in [-0.25, -0.2) is 9.67 Å². The zero-order valence-electron chi connectivity index (χ0n) is 14.8. The summed E-state index contributed by atoms with van der Waals surface area (Å²) in [5.41, 5.74) is 4.24. The summed E-state index contributed by atoms with van der Waals surface area (Å²) in [6.45, 7) is 6.03. The minimum absolute atomic E-state index is 0.534. The van der Waals surface area contributed by atoms with E-state index in [9.17, 15) is 0 Å². The summed E-state index contributed by atoms with van der Waals surface area (Å²) >= 11 is 12.4. The van der Waals surface area contributed by atoms with Gasteiger partial charge >= 0.3 is 0 Å². The smallest absolute Gasteiger partial charge is 0.132 e. The minimum Gasteiger partial charge on any atom is -0.356 e. The SMILES string of the molecule is Cc1cc(N2CCC(c3[nH]cnc3C)CC2)n(-c2cc(Cl)cc(Cl)c2)n1. The second kappa shape index (κ2) is 6.97. The molecule has 26 heavy (non-hydrogen) atoms. The molecule has 1 aliphatic rings. The van der Waals surface area contributed by atoms with Gasteiger partial charge in [0, 0.05) is 40.8 Å². The highest BCUT2D eigenvalue weighted by molar-refractivity contribution is 6.34. The van der Waals surface area contributed by atoms with Crippen LogP contribution in [0, 0.1) is 13.8 Å². The Morgan fingerprint density at radius 1 is 1.04 bits per heavy atom. The van der Waals surface area contributed by atoms with Gasteiger partial charge in [0.05, 0.1) is 23.4 Å². The van der Waals surface area contributed by atoms with Gasteiger partial charge in [0.15, 0.2) is 0 Å². The number of nitrogens with zero attached hydrogens (tertiary/aromatic N) is 4. The van der Waals surface area contributed by atoms with Crippen LogP contribution in [0.5, 0.6) is 0 Å². The van der Waals surface area contributed by atoms with Crippen molar-refractivity contribution in [3.05, 3.63) is 57.7 Å². The van der Waals surface area contributed by atoms with E-state index in [0.29, 0.717) is 16.0 Å². The van der Waals surface area contributed by atoms with Gasteiger partial charge < -0.3 is 9.88 Å². The quantitative estimate of drug-likeness (QED) is 0.692. The summed E-state index contributed by atoms with van der Waals surface area (Å²) in [6.07, 6.45) is 3.96. The Morgan fingerprint density at radius 3 is 2.35 bits per heavy atom. The monoisotopic (exact) mass is 389 g/mol. The Kier molecular flexibility index (Phi) is 4.67. The number of benzene rings is 1. The normalized spacial score (nSPS) is 15.6. The van der Waals surface area contributed by atoms with Crippen LogP contribution in [0.4, 0.5) is 5.82 Å². The Morgan fingerprint density at radius 2 is 1.73 bits per heavy atom. The first-order valence-electron chi connectivity index (χ1n) is 8.79. The summed E-state index contributed by atoms with van der Waals surface area (Å²) in [5.74, 6) is 1.62. The van der Waals surface area contributed by atoms with Crippen LogP contribution < -0.4 is 4.90 Å². The standard InChI is InChI=1S/C19H21Cl2N5/c1-12-7-18(26(24-12)17-9-15(20)8-16(21)10-17)25-5-3-14(4-6-25)19-13(2)22-11-23-19/h7-11,14H,3-6H2,1-2H3,(H,22,23). The van der Waals surface area contributed by atoms with Gasteiger partial charge in [-0.2, -0.15) is 5.10 Å². The Balaban J connectivity index is 1.59. The molecule has 0 radical (unpaired) electrons. The number of halogens is 2. The van der Waals surface area contributed by atoms with Crippen LogP contribution in [-0.4, -0.2) is 32.8 Å². The number of piperidine rings is 1. The fourth-order valence-corrected chi connectivity index (χ4v) is 4.26. The highest BCUT2D eigenvalue weighted by Gasteiger charge is 2.25. The van der Waals surface area contributed by atoms with Crippen LogP contribution >= 0.6 is 23.2 Å². The van der Waals surface area contributed by atoms with Gasteiger partial charge in [-0.1, -0.05) is 23.2 Å². The predicted molar refractivity (Wildman–Crippen MR) is 106 cm³/mol. The molecule has 0 saturated carbocycles. The number of hydrogen-bond acceptors (Lipinski definition) is 3. The molecule has 0 spiro atoms. The van der Waals surface area contributed by atoms with Crippen LogP contribution in [0.25, 0.3) is 5.69 Å². The average molecular weight is 390 g/mol. The number of aryl methyl sites for hydroxylation is 2. The first-order valence-corrected chi connectivity index (χ1v) is 9.55. The molecule has 1 N–H and O–H groups in total. The minimum atomic E-state index is 0.534. The van der Waals surface area contributed by atoms with Crippen molar-refractivity contribution in [1.82, 2.24) is 19.7 Å². The van der Waals surface area contributed by atoms with E-state index in [1.165, 1.54) is 5.69 Å². The third kappa shape index (κ3) is 3.33. The zero-order valence-corrected chi connectivity index (χ0v) is 16.3. The molecule has 2 aromatic heterocycles. The van der Waals surface area contributed by atoms with Gasteiger partial charge in [0.25, 0.3) is 0 Å². The van der Waals surface area contributed by atoms with Crippen molar-refractivity contribution in [2.75, 3.05) is 18.0 Å². The lowest BCUT2D eigenvalue weighted by molar-refractivity contribution is 0.490. The number of nitrogens with one attached hydrogen (secondary N) is 1. The maximum Gasteiger partial charge on any atom is 0.132 e. The van der Waals surface area contributed by atoms with Crippen molar-refractivity contribution in [2.24, 2.45) is 0 Å². The van der Waals surface area contributed by atoms with Crippen molar-refractivity contribution in [1.29, 1.82) is 0 Å². The fraction of sp³-hybridized carbons (Fsp3) is 0.368. The number of aromatic nitrogens is 4. The number of rotatable bonds is 3. The summed E-state index contributed by atoms with van der Waals surface area (Å²) < 4.78 is 1.94. The number of imidazole rings is 1. The highest BCUT2D eigenvalue weighted by Crippen LogP contribution is 2.32. The van der Waals surface area contributed by atoms with E-state index in [1.54, 1.807) is 12.4 Å². The molecule has 1 aliphatic heterocycles. The molecule has 3 heterocycles. The molecule has 0 unspecified atom stereocenters. The number of aromatic amines is 1. The van der Waals surface area contributed by atoms with Crippen LogP contribution in [0.3, 0.4) is 0 Å². The van der Waals surface area contributed by atoms with E-state index in [2.05, 4.69) is 33.0 Å². The molecule has 4 rings (SSSR count). The Labute approximate surface area is 162 Å². The second-order valence-corrected chi connectivity index (χ2v) is 7.72. The number of H-pyrrole nitrogens is 1. The molecular formula is C19H21Cl2N5. The van der Waals surface area contributed by atoms with Crippen LogP contribution in [0.2, 0.25) is 10.0 Å². The topological polar surface area (TPSA) is 49.7 Å². The summed E-state index contributed by atoms with van der Waals surface area (Å²) in [6, 6.07) is 7.64. The van der Waals surface area contributed by atoms with Crippen LogP contribution in [-0.2, 0) is 0 Å². The fourth-order valence-electron chi connectivity index (χ4n) is 3.75. The van der Waals surface area contributed by atoms with E-state index in [-0.39, 0.29) is 0 Å². The Bertz CT molecular complexity index is 902. The lowest BCUT2D eigenvalue weighted by Gasteiger charge is -2.33. The molecule has 5 nitrogen and oxygen atoms in total. The third-order valence-electron chi connectivity index (χ3n) is 5.00. The van der Waals surface area contributed by atoms with Crippen LogP contribution in [0.1, 0.15) is 35.8 Å². The molecule has 1 saturated heterocycles. The number of hydrogen-bond donors (Lipinski definition) is 1. The van der Waals surface area contributed by atoms with E-state index in [4.69, 9.17) is 23.2 Å². The molecule has 0 atom stereocenters. The molecule has 0 aliphatic carbocycles. The van der Waals surface area contributed by atoms with E-state index >= 15 is 0 Å². The summed E-state index contributed by atoms with van der Waals surface area (Å²) in [7, 11) is 0. The van der Waals surface area contributed by atoms with Crippen molar-refractivity contribution in [2.45, 2.75) is 32.6 Å². The first kappa shape index (κ1) is 17.4. The van der Waals surface area contributed by atoms with Gasteiger partial charge in [-0.05, 0) is 44.9 Å². The molecular weight excluding hydrogens is 369 g/mol. The molecule has 0 bridgehead atoms. The zero-order chi connectivity index (χ0) is 18.3. The van der Waals surface area contributed by atoms with E-state index in [0.717, 1.165) is 48.8 Å². The van der Waals surface area contributed by atoms with Gasteiger partial charge in [-0.15, -0.1) is 0 Å². The van der Waals surface area contributed by atoms with Crippen LogP contribution in [0.15, 0.2) is 30.6 Å². The van der Waals surface area contributed by atoms with E-state index < -0.39 is 0 Å². The maximum atomic E-state index is 6.19. The molecule has 1 fully saturated rings. The lowest BCUT2D eigenvalue weighted by atomic mass is 9.92. The first-order chi connectivity index (χ1) is 12.5. The predicted octanol–water partition coefficient (Wildman–Crippen LogP) is 4.90. The average Bonchev–Trinajstić information content (AvgIpc) is 3.20. The summed E-state index contributed by atoms with van der Waals surface area (Å²) in [5, 5.41) is 5.89. The molecule has 7 heteroatoms. The van der Waals surface area contributed by atoms with Crippen molar-refractivity contribution in [3.8, 4) is 5.69 Å². The highest BCUT2D eigenvalue weighted by atomic mass is 35.5. The molecule has 3 aromatic rings. The second-order valence-electron chi connectivity index (χ2n) is 6.85. The largest absolute Gasteiger partial charge is 0.356 e. The summed E-state index contributed by atoms with van der Waals surface area (Å²) in [4.78, 5) is 10.0. The molecule has 1 aromatic carbocycles. The van der Waals surface area contributed by atoms with Gasteiger partial charge in [0.2, 0.25) is 0 Å². The van der Waals surface area contributed by atoms with Crippen molar-refractivity contribution >= 4 is 29.0 Å². The van der Waals surface area contributed by atoms with Gasteiger partial charge in [-0.3, -0.25) is 0 Å². The maximum absolute atomic E-state index is 6.19. The molecule has 0 amide bonds. The van der Waals surface area contributed by atoms with E-state index in [1.807, 2.05) is 23.7 Å². The van der Waals surface area contributed by atoms with Gasteiger partial charge in [0.1, 0.15) is 5.82 Å². The Hall–Kier alpha value is -1.98. The third-order valence-corrected chi connectivity index (χ3v) is 5.44. The number of anilines is 1. The van der Waals surface area contributed by atoms with Crippen molar-refractivity contribution < 1.29 is 0 Å². The lowest BCUT2D eigenvalue weighted by Crippen LogP contribution is -2.34. The van der Waals surface area contributed by atoms with Crippen molar-refractivity contribution in [3.63, 3.8) is 0 Å². The molecule has 136 valence electrons.